The summed E-state index contributed by atoms with van der Waals surface area (Å²) in [4.78, 5) is 6.68. The summed E-state index contributed by atoms with van der Waals surface area (Å²) in [7, 11) is 6.14. The summed E-state index contributed by atoms with van der Waals surface area (Å²) in [5, 5.41) is 6.88. The van der Waals surface area contributed by atoms with Crippen LogP contribution in [0.25, 0.3) is 0 Å². The minimum atomic E-state index is 0.0909. The molecule has 1 aliphatic rings. The van der Waals surface area contributed by atoms with Crippen molar-refractivity contribution in [2.45, 2.75) is 31.8 Å². The van der Waals surface area contributed by atoms with E-state index in [-0.39, 0.29) is 11.6 Å². The van der Waals surface area contributed by atoms with Crippen LogP contribution < -0.4 is 10.6 Å². The molecule has 0 aromatic carbocycles. The number of aryl methyl sites for hydroxylation is 1. The van der Waals surface area contributed by atoms with Crippen LogP contribution in [0.5, 0.6) is 0 Å². The monoisotopic (exact) mass is 324 g/mol. The van der Waals surface area contributed by atoms with Crippen molar-refractivity contribution in [3.8, 4) is 0 Å². The van der Waals surface area contributed by atoms with Gasteiger partial charge in [0, 0.05) is 24.9 Å². The van der Waals surface area contributed by atoms with Crippen LogP contribution >= 0.6 is 11.8 Å². The summed E-state index contributed by atoms with van der Waals surface area (Å²) in [6.45, 7) is 4.94. The van der Waals surface area contributed by atoms with Crippen molar-refractivity contribution >= 4 is 17.7 Å². The number of hydrogen-bond acceptors (Lipinski definition) is 4. The van der Waals surface area contributed by atoms with Gasteiger partial charge in [-0.2, -0.15) is 11.8 Å². The Balaban J connectivity index is 1.92. The minimum absolute atomic E-state index is 0.0909. The first-order chi connectivity index (χ1) is 10.5. The molecule has 0 saturated carbocycles. The van der Waals surface area contributed by atoms with Gasteiger partial charge in [0.15, 0.2) is 5.96 Å². The first-order valence-corrected chi connectivity index (χ1v) is 8.91. The van der Waals surface area contributed by atoms with Crippen molar-refractivity contribution in [1.82, 2.24) is 15.5 Å². The third kappa shape index (κ3) is 3.98. The van der Waals surface area contributed by atoms with Crippen LogP contribution in [0.3, 0.4) is 0 Å². The Labute approximate surface area is 137 Å². The highest BCUT2D eigenvalue weighted by Crippen LogP contribution is 2.31. The van der Waals surface area contributed by atoms with Crippen LogP contribution in [-0.4, -0.2) is 55.6 Å². The Morgan fingerprint density at radius 2 is 2.27 bits per heavy atom. The van der Waals surface area contributed by atoms with Crippen LogP contribution in [0.4, 0.5) is 0 Å². The van der Waals surface area contributed by atoms with Gasteiger partial charge in [0.05, 0.1) is 6.04 Å². The number of thioether (sulfide) groups is 1. The van der Waals surface area contributed by atoms with E-state index in [1.807, 2.05) is 30.8 Å². The van der Waals surface area contributed by atoms with Gasteiger partial charge in [-0.15, -0.1) is 0 Å². The Morgan fingerprint density at radius 3 is 2.77 bits per heavy atom. The molecule has 0 bridgehead atoms. The quantitative estimate of drug-likeness (QED) is 0.643. The third-order valence-corrected chi connectivity index (χ3v) is 5.62. The van der Waals surface area contributed by atoms with Gasteiger partial charge in [-0.05, 0) is 52.2 Å². The second kappa shape index (κ2) is 7.42. The zero-order valence-electron chi connectivity index (χ0n) is 14.3. The number of nitrogens with zero attached hydrogens (tertiary/aromatic N) is 2. The molecule has 0 aliphatic carbocycles. The summed E-state index contributed by atoms with van der Waals surface area (Å²) in [5.74, 6) is 5.07. The smallest absolute Gasteiger partial charge is 0.191 e. The molecule has 2 heterocycles. The predicted molar refractivity (Wildman–Crippen MR) is 94.7 cm³/mol. The van der Waals surface area contributed by atoms with E-state index in [1.54, 1.807) is 7.05 Å². The van der Waals surface area contributed by atoms with Crippen LogP contribution in [-0.2, 0) is 0 Å². The van der Waals surface area contributed by atoms with Gasteiger partial charge in [-0.3, -0.25) is 4.99 Å². The van der Waals surface area contributed by atoms with Crippen molar-refractivity contribution in [2.24, 2.45) is 4.99 Å². The molecule has 2 rings (SSSR count). The molecule has 124 valence electrons. The Kier molecular flexibility index (Phi) is 5.81. The highest BCUT2D eigenvalue weighted by atomic mass is 32.2. The third-order valence-electron chi connectivity index (χ3n) is 4.38. The fourth-order valence-corrected chi connectivity index (χ4v) is 4.21. The van der Waals surface area contributed by atoms with E-state index in [0.29, 0.717) is 0 Å². The lowest BCUT2D eigenvalue weighted by Gasteiger charge is -2.36. The molecule has 0 radical (unpaired) electrons. The average molecular weight is 324 g/mol. The number of hydrogen-bond donors (Lipinski definition) is 2. The molecule has 0 spiro atoms. The largest absolute Gasteiger partial charge is 0.464 e. The maximum absolute atomic E-state index is 5.67. The lowest BCUT2D eigenvalue weighted by molar-refractivity contribution is 0.183. The normalized spacial score (nSPS) is 23.8. The number of furan rings is 1. The van der Waals surface area contributed by atoms with E-state index >= 15 is 0 Å². The topological polar surface area (TPSA) is 52.8 Å². The summed E-state index contributed by atoms with van der Waals surface area (Å²) in [6.07, 6.45) is 1.21. The second-order valence-electron chi connectivity index (χ2n) is 6.16. The number of nitrogens with one attached hydrogen (secondary N) is 2. The average Bonchev–Trinajstić information content (AvgIpc) is 3.13. The lowest BCUT2D eigenvalue weighted by atomic mass is 9.97. The fourth-order valence-electron chi connectivity index (χ4n) is 2.65. The van der Waals surface area contributed by atoms with Crippen LogP contribution in [0.15, 0.2) is 21.5 Å². The fraction of sp³-hybridized carbons (Fsp3) is 0.688. The highest BCUT2D eigenvalue weighted by Gasteiger charge is 2.36. The molecule has 1 aromatic rings. The molecule has 0 amide bonds. The molecule has 1 aliphatic heterocycles. The van der Waals surface area contributed by atoms with Gasteiger partial charge in [-0.25, -0.2) is 0 Å². The molecular weight excluding hydrogens is 296 g/mol. The number of likely N-dealkylation sites (N-methyl/N-ethyl adjacent to an activating group) is 1. The van der Waals surface area contributed by atoms with Crippen LogP contribution in [0, 0.1) is 6.92 Å². The molecule has 5 nitrogen and oxygen atoms in total. The van der Waals surface area contributed by atoms with Gasteiger partial charge in [0.25, 0.3) is 0 Å². The molecule has 2 atom stereocenters. The summed E-state index contributed by atoms with van der Waals surface area (Å²) >= 11 is 2.03. The van der Waals surface area contributed by atoms with Crippen molar-refractivity contribution < 1.29 is 4.42 Å². The van der Waals surface area contributed by atoms with E-state index < -0.39 is 0 Å². The zero-order valence-corrected chi connectivity index (χ0v) is 15.1. The molecule has 1 saturated heterocycles. The summed E-state index contributed by atoms with van der Waals surface area (Å²) < 4.78 is 5.67. The first-order valence-electron chi connectivity index (χ1n) is 7.75. The standard InChI is InChI=1S/C16H28N4OS/c1-12-6-7-14(21-12)13(2)19-15(17-3)18-10-16(20(4)5)8-9-22-11-16/h6-7,13H,8-11H2,1-5H3,(H2,17,18,19). The Morgan fingerprint density at radius 1 is 1.50 bits per heavy atom. The van der Waals surface area contributed by atoms with E-state index in [1.165, 1.54) is 12.2 Å². The van der Waals surface area contributed by atoms with Crippen molar-refractivity contribution in [2.75, 3.05) is 39.2 Å². The van der Waals surface area contributed by atoms with Crippen molar-refractivity contribution in [3.05, 3.63) is 23.7 Å². The van der Waals surface area contributed by atoms with E-state index in [9.17, 15) is 0 Å². The minimum Gasteiger partial charge on any atom is -0.464 e. The molecule has 1 aromatic heterocycles. The SMILES string of the molecule is CN=C(NCC1(N(C)C)CCSC1)NC(C)c1ccc(C)o1. The van der Waals surface area contributed by atoms with Gasteiger partial charge < -0.3 is 20.0 Å². The summed E-state index contributed by atoms with van der Waals surface area (Å²) in [6, 6.07) is 4.09. The van der Waals surface area contributed by atoms with Crippen LogP contribution in [0.1, 0.15) is 30.9 Å². The van der Waals surface area contributed by atoms with Gasteiger partial charge in [0.1, 0.15) is 11.5 Å². The molecule has 1 fully saturated rings. The van der Waals surface area contributed by atoms with Crippen LogP contribution in [0.2, 0.25) is 0 Å². The first kappa shape index (κ1) is 17.2. The van der Waals surface area contributed by atoms with Crippen molar-refractivity contribution in [1.29, 1.82) is 0 Å². The predicted octanol–water partition coefficient (Wildman–Crippen LogP) is 2.25. The number of guanidine groups is 1. The van der Waals surface area contributed by atoms with E-state index in [4.69, 9.17) is 4.42 Å². The maximum Gasteiger partial charge on any atom is 0.191 e. The van der Waals surface area contributed by atoms with Gasteiger partial charge in [0.2, 0.25) is 0 Å². The van der Waals surface area contributed by atoms with E-state index in [2.05, 4.69) is 41.5 Å². The van der Waals surface area contributed by atoms with E-state index in [0.717, 1.165) is 29.8 Å². The lowest BCUT2D eigenvalue weighted by Crippen LogP contribution is -2.54. The number of rotatable bonds is 5. The highest BCUT2D eigenvalue weighted by molar-refractivity contribution is 7.99. The molecule has 2 N–H and O–H groups in total. The van der Waals surface area contributed by atoms with Crippen molar-refractivity contribution in [3.63, 3.8) is 0 Å². The second-order valence-corrected chi connectivity index (χ2v) is 7.27. The molecule has 2 unspecified atom stereocenters. The Bertz CT molecular complexity index is 506. The van der Waals surface area contributed by atoms with Gasteiger partial charge in [-0.1, -0.05) is 0 Å². The molecule has 6 heteroatoms. The Hall–Kier alpha value is -1.14. The maximum atomic E-state index is 5.67. The molecular formula is C16H28N4OS. The summed E-state index contributed by atoms with van der Waals surface area (Å²) in [5.41, 5.74) is 0.215. The number of aliphatic imine (C=N–C) groups is 1. The van der Waals surface area contributed by atoms with Gasteiger partial charge >= 0.3 is 0 Å². The molecule has 22 heavy (non-hydrogen) atoms. The zero-order chi connectivity index (χ0) is 16.2.